The Labute approximate surface area is 243 Å². The molecule has 1 saturated carbocycles. The summed E-state index contributed by atoms with van der Waals surface area (Å²) in [6, 6.07) is 3.24. The van der Waals surface area contributed by atoms with Crippen molar-refractivity contribution in [3.63, 3.8) is 0 Å². The molecule has 42 heavy (non-hydrogen) atoms. The van der Waals surface area contributed by atoms with Crippen molar-refractivity contribution in [1.82, 2.24) is 9.97 Å². The molecule has 1 aliphatic carbocycles. The number of sulfone groups is 1. The van der Waals surface area contributed by atoms with Crippen molar-refractivity contribution in [3.05, 3.63) is 41.5 Å². The van der Waals surface area contributed by atoms with Crippen LogP contribution in [-0.2, 0) is 19.3 Å². The van der Waals surface area contributed by atoms with Gasteiger partial charge in [0.05, 0.1) is 11.8 Å². The van der Waals surface area contributed by atoms with Gasteiger partial charge in [0.1, 0.15) is 35.6 Å². The van der Waals surface area contributed by atoms with E-state index >= 15 is 4.39 Å². The Hall–Kier alpha value is -4.00. The van der Waals surface area contributed by atoms with Gasteiger partial charge in [0.25, 0.3) is 0 Å². The van der Waals surface area contributed by atoms with Gasteiger partial charge in [-0.3, -0.25) is 10.2 Å². The van der Waals surface area contributed by atoms with Crippen molar-refractivity contribution in [2.75, 3.05) is 29.6 Å². The fraction of sp³-hybridized carbons (Fsp3) is 0.448. The average Bonchev–Trinajstić information content (AvgIpc) is 2.86. The molecule has 2 amide bonds. The van der Waals surface area contributed by atoms with Crippen molar-refractivity contribution < 1.29 is 36.6 Å². The number of rotatable bonds is 4. The highest BCUT2D eigenvalue weighted by atomic mass is 32.2. The van der Waals surface area contributed by atoms with Crippen LogP contribution in [0.4, 0.5) is 25.5 Å². The molecular weight excluding hydrogens is 567 g/mol. The minimum Gasteiger partial charge on any atom is -0.474 e. The number of carbonyl (C=O) groups is 2. The summed E-state index contributed by atoms with van der Waals surface area (Å²) in [5.74, 6) is -0.0248. The van der Waals surface area contributed by atoms with Gasteiger partial charge in [-0.05, 0) is 63.3 Å². The highest BCUT2D eigenvalue weighted by Gasteiger charge is 2.39. The van der Waals surface area contributed by atoms with Crippen LogP contribution in [0.2, 0.25) is 0 Å². The molecule has 0 spiro atoms. The van der Waals surface area contributed by atoms with E-state index in [0.717, 1.165) is 0 Å². The van der Waals surface area contributed by atoms with Crippen molar-refractivity contribution in [2.45, 2.75) is 64.4 Å². The second kappa shape index (κ2) is 10.7. The number of anilines is 2. The Morgan fingerprint density at radius 1 is 1.10 bits per heavy atom. The second-order valence-electron chi connectivity index (χ2n) is 11.7. The van der Waals surface area contributed by atoms with Crippen LogP contribution in [0.25, 0.3) is 21.9 Å². The monoisotopic (exact) mass is 600 g/mol. The molecule has 0 atom stereocenters. The fourth-order valence-corrected chi connectivity index (χ4v) is 6.19. The lowest BCUT2D eigenvalue weighted by Crippen LogP contribution is -2.42. The molecule has 0 saturated heterocycles. The first-order chi connectivity index (χ1) is 19.6. The summed E-state index contributed by atoms with van der Waals surface area (Å²) in [6.45, 7) is 9.23. The quantitative estimate of drug-likeness (QED) is 0.422. The van der Waals surface area contributed by atoms with E-state index in [4.69, 9.17) is 14.2 Å². The Balaban J connectivity index is 1.44. The van der Waals surface area contributed by atoms with Crippen molar-refractivity contribution in [3.8, 4) is 17.0 Å². The maximum absolute atomic E-state index is 15.8. The molecule has 0 bridgehead atoms. The Bertz CT molecular complexity index is 1700. The Morgan fingerprint density at radius 2 is 1.81 bits per heavy atom. The molecule has 3 aromatic rings. The number of benzene rings is 1. The largest absolute Gasteiger partial charge is 0.474 e. The highest BCUT2D eigenvalue weighted by molar-refractivity contribution is 7.91. The number of fused-ring (bicyclic) bond motifs is 2. The average molecular weight is 601 g/mol. The van der Waals surface area contributed by atoms with Crippen molar-refractivity contribution in [1.29, 1.82) is 0 Å². The number of halogens is 1. The lowest BCUT2D eigenvalue weighted by molar-refractivity contribution is 0.0565. The van der Waals surface area contributed by atoms with Gasteiger partial charge in [0.15, 0.2) is 9.84 Å². The molecule has 2 aromatic heterocycles. The SMILES string of the molecule is Cc1c(-c2cc3cc(NC(=O)OC4CC(S(C)(=O)=O)C4)ncc3c(C)c2F)cnc2c1N(C(=O)OC(C)(C)C)CCO2. The maximum atomic E-state index is 15.8. The second-order valence-corrected chi connectivity index (χ2v) is 14.0. The molecule has 0 unspecified atom stereocenters. The predicted molar refractivity (Wildman–Crippen MR) is 155 cm³/mol. The number of nitrogens with one attached hydrogen (secondary N) is 1. The number of ether oxygens (including phenoxy) is 3. The van der Waals surface area contributed by atoms with Crippen LogP contribution >= 0.6 is 0 Å². The van der Waals surface area contributed by atoms with E-state index in [-0.39, 0.29) is 43.3 Å². The maximum Gasteiger partial charge on any atom is 0.415 e. The zero-order chi connectivity index (χ0) is 30.6. The number of aryl methyl sites for hydroxylation is 1. The van der Waals surface area contributed by atoms with Gasteiger partial charge in [0.2, 0.25) is 5.88 Å². The molecule has 11 nitrogen and oxygen atoms in total. The highest BCUT2D eigenvalue weighted by Crippen LogP contribution is 2.41. The van der Waals surface area contributed by atoms with E-state index in [1.165, 1.54) is 23.5 Å². The minimum atomic E-state index is -3.17. The first-order valence-corrected chi connectivity index (χ1v) is 15.5. The number of aromatic nitrogens is 2. The summed E-state index contributed by atoms with van der Waals surface area (Å²) in [5, 5.41) is 3.21. The smallest absolute Gasteiger partial charge is 0.415 e. The topological polar surface area (TPSA) is 137 Å². The molecule has 5 rings (SSSR count). The number of carbonyl (C=O) groups excluding carboxylic acids is 2. The van der Waals surface area contributed by atoms with Gasteiger partial charge in [-0.1, -0.05) is 0 Å². The fourth-order valence-electron chi connectivity index (χ4n) is 5.06. The first kappa shape index (κ1) is 29.5. The van der Waals surface area contributed by atoms with Gasteiger partial charge < -0.3 is 14.2 Å². The zero-order valence-electron chi connectivity index (χ0n) is 24.3. The van der Waals surface area contributed by atoms with E-state index in [2.05, 4.69) is 15.3 Å². The third-order valence-corrected chi connectivity index (χ3v) is 8.96. The molecular formula is C29H33FN4O7S. The number of pyridine rings is 2. The van der Waals surface area contributed by atoms with Gasteiger partial charge >= 0.3 is 12.2 Å². The summed E-state index contributed by atoms with van der Waals surface area (Å²) in [7, 11) is -3.17. The van der Waals surface area contributed by atoms with Crippen LogP contribution < -0.4 is 15.0 Å². The molecule has 13 heteroatoms. The lowest BCUT2D eigenvalue weighted by Gasteiger charge is -2.32. The van der Waals surface area contributed by atoms with Crippen LogP contribution in [0.15, 0.2) is 24.5 Å². The molecule has 2 aliphatic rings. The first-order valence-electron chi connectivity index (χ1n) is 13.5. The van der Waals surface area contributed by atoms with Gasteiger partial charge in [-0.2, -0.15) is 0 Å². The van der Waals surface area contributed by atoms with Crippen molar-refractivity contribution >= 4 is 44.3 Å². The van der Waals surface area contributed by atoms with Gasteiger partial charge in [-0.25, -0.2) is 32.4 Å². The van der Waals surface area contributed by atoms with Crippen LogP contribution in [-0.4, -0.2) is 66.9 Å². The van der Waals surface area contributed by atoms with Crippen LogP contribution in [0, 0.1) is 19.7 Å². The molecule has 1 N–H and O–H groups in total. The number of hydrogen-bond donors (Lipinski definition) is 1. The molecule has 1 aromatic carbocycles. The summed E-state index contributed by atoms with van der Waals surface area (Å²) >= 11 is 0. The van der Waals surface area contributed by atoms with E-state index < -0.39 is 44.8 Å². The van der Waals surface area contributed by atoms with E-state index in [9.17, 15) is 18.0 Å². The number of hydrogen-bond acceptors (Lipinski definition) is 9. The summed E-state index contributed by atoms with van der Waals surface area (Å²) in [4.78, 5) is 35.5. The zero-order valence-corrected chi connectivity index (χ0v) is 25.1. The molecule has 0 radical (unpaired) electrons. The molecule has 1 fully saturated rings. The van der Waals surface area contributed by atoms with E-state index in [1.807, 2.05) is 0 Å². The third-order valence-electron chi connectivity index (χ3n) is 7.37. The minimum absolute atomic E-state index is 0.188. The van der Waals surface area contributed by atoms with Gasteiger partial charge in [0, 0.05) is 48.0 Å². The summed E-state index contributed by atoms with van der Waals surface area (Å²) < 4.78 is 55.6. The van der Waals surface area contributed by atoms with Gasteiger partial charge in [-0.15, -0.1) is 0 Å². The number of nitrogens with zero attached hydrogens (tertiary/aromatic N) is 3. The van der Waals surface area contributed by atoms with E-state index in [1.54, 1.807) is 46.8 Å². The summed E-state index contributed by atoms with van der Waals surface area (Å²) in [6.07, 6.45) is 2.85. The standard InChI is InChI=1S/C29H33FN4O7S/c1-15-21-13-31-23(33-27(35)40-18-11-19(12-18)42(6,37)38)10-17(21)9-20(24(15)30)22-14-32-26-25(16(22)2)34(7-8-39-26)28(36)41-29(3,4)5/h9-10,13-14,18-19H,7-8,11-12H2,1-6H3,(H,31,33,35). The Kier molecular flexibility index (Phi) is 7.50. The lowest BCUT2D eigenvalue weighted by atomic mass is 9.95. The van der Waals surface area contributed by atoms with Crippen LogP contribution in [0.3, 0.4) is 0 Å². The van der Waals surface area contributed by atoms with E-state index in [0.29, 0.717) is 33.2 Å². The Morgan fingerprint density at radius 3 is 2.48 bits per heavy atom. The van der Waals surface area contributed by atoms with Crippen molar-refractivity contribution in [2.24, 2.45) is 0 Å². The normalized spacial score (nSPS) is 18.5. The molecule has 224 valence electrons. The summed E-state index contributed by atoms with van der Waals surface area (Å²) in [5.41, 5.74) is 1.36. The molecule has 3 heterocycles. The number of amides is 2. The van der Waals surface area contributed by atoms with Crippen LogP contribution in [0.1, 0.15) is 44.7 Å². The predicted octanol–water partition coefficient (Wildman–Crippen LogP) is 5.31. The third kappa shape index (κ3) is 5.83. The molecule has 1 aliphatic heterocycles. The van der Waals surface area contributed by atoms with Crippen LogP contribution in [0.5, 0.6) is 5.88 Å².